The molecule has 0 aliphatic carbocycles. The number of unbranched alkanes of at least 4 members (excludes halogenated alkanes) is 2. The van der Waals surface area contributed by atoms with E-state index in [4.69, 9.17) is 15.6 Å². The number of rotatable bonds is 12. The van der Waals surface area contributed by atoms with Gasteiger partial charge < -0.3 is 24.1 Å². The van der Waals surface area contributed by atoms with Crippen molar-refractivity contribution in [1.82, 2.24) is 4.90 Å². The van der Waals surface area contributed by atoms with Crippen LogP contribution in [0.15, 0.2) is 47.1 Å². The Balaban J connectivity index is 1.61. The van der Waals surface area contributed by atoms with E-state index in [1.165, 1.54) is 0 Å². The second-order valence-electron chi connectivity index (χ2n) is 8.77. The minimum atomic E-state index is -0.862. The molecule has 1 saturated heterocycles. The number of hydrogen-bond acceptors (Lipinski definition) is 5. The monoisotopic (exact) mass is 457 g/mol. The molecule has 0 bridgehead atoms. The number of nitrogens with zero attached hydrogens (tertiary/aromatic N) is 2. The van der Waals surface area contributed by atoms with Crippen LogP contribution in [0.1, 0.15) is 59.3 Å². The van der Waals surface area contributed by atoms with Crippen molar-refractivity contribution in [2.24, 2.45) is 5.92 Å². The van der Waals surface area contributed by atoms with Crippen LogP contribution in [0.4, 0.5) is 5.88 Å². The second kappa shape index (κ2) is 12.3. The van der Waals surface area contributed by atoms with E-state index >= 15 is 0 Å². The highest BCUT2D eigenvalue weighted by molar-refractivity contribution is 5.79. The van der Waals surface area contributed by atoms with Crippen molar-refractivity contribution in [3.63, 3.8) is 0 Å². The lowest BCUT2D eigenvalue weighted by molar-refractivity contribution is -0.139. The first-order chi connectivity index (χ1) is 16.4. The number of furan rings is 1. The van der Waals surface area contributed by atoms with Crippen LogP contribution in [0.25, 0.3) is 0 Å². The molecule has 7 heteroatoms. The molecule has 180 valence electrons. The average molecular weight is 458 g/mol. The van der Waals surface area contributed by atoms with Gasteiger partial charge in [0.15, 0.2) is 5.88 Å². The van der Waals surface area contributed by atoms with Crippen molar-refractivity contribution >= 4 is 17.8 Å². The Labute approximate surface area is 197 Å². The standard InChI is InChI=1S/C26H36N2O5/c1-20(2)28(26(31)21-13-15-27(16-14-21)24-11-8-18-33-24)19-22-9-5-6-10-23(22)32-17-7-3-4-12-25(29)30/h5-6,8-11,18,20-21H,3-4,7,12-17,19H2,1-2H3,(H,29,30)/i19D. The Kier molecular flexibility index (Phi) is 8.67. The molecular formula is C26H36N2O5. The molecule has 7 nitrogen and oxygen atoms in total. The lowest BCUT2D eigenvalue weighted by Gasteiger charge is -2.36. The molecule has 2 aromatic rings. The normalized spacial score (nSPS) is 15.8. The van der Waals surface area contributed by atoms with Crippen molar-refractivity contribution in [2.45, 2.75) is 64.9 Å². The molecular weight excluding hydrogens is 420 g/mol. The van der Waals surface area contributed by atoms with Crippen LogP contribution in [0, 0.1) is 5.92 Å². The summed E-state index contributed by atoms with van der Waals surface area (Å²) in [7, 11) is 0. The van der Waals surface area contributed by atoms with Gasteiger partial charge in [-0.15, -0.1) is 0 Å². The average Bonchev–Trinajstić information content (AvgIpc) is 3.36. The van der Waals surface area contributed by atoms with Crippen LogP contribution in [-0.4, -0.2) is 47.6 Å². The van der Waals surface area contributed by atoms with E-state index in [0.29, 0.717) is 24.3 Å². The summed E-state index contributed by atoms with van der Waals surface area (Å²) in [5, 5.41) is 8.75. The summed E-state index contributed by atoms with van der Waals surface area (Å²) in [5.74, 6) is 0.542. The van der Waals surface area contributed by atoms with Crippen molar-refractivity contribution in [3.05, 3.63) is 48.2 Å². The molecule has 1 aliphatic heterocycles. The van der Waals surface area contributed by atoms with Gasteiger partial charge in [0, 0.05) is 49.6 Å². The van der Waals surface area contributed by atoms with Crippen LogP contribution in [0.5, 0.6) is 5.75 Å². The number of benzene rings is 1. The van der Waals surface area contributed by atoms with E-state index in [0.717, 1.165) is 44.7 Å². The Bertz CT molecular complexity index is 910. The maximum Gasteiger partial charge on any atom is 0.303 e. The smallest absolute Gasteiger partial charge is 0.303 e. The molecule has 1 aromatic carbocycles. The number of para-hydroxylation sites is 1. The van der Waals surface area contributed by atoms with Gasteiger partial charge in [-0.2, -0.15) is 0 Å². The first-order valence-corrected chi connectivity index (χ1v) is 11.8. The van der Waals surface area contributed by atoms with E-state index in [2.05, 4.69) is 4.90 Å². The topological polar surface area (TPSA) is 83.2 Å². The molecule has 1 atom stereocenters. The van der Waals surface area contributed by atoms with Gasteiger partial charge in [0.05, 0.1) is 14.2 Å². The van der Waals surface area contributed by atoms with Crippen LogP contribution in [0.2, 0.25) is 0 Å². The number of hydrogen-bond donors (Lipinski definition) is 1. The third-order valence-corrected chi connectivity index (χ3v) is 5.96. The van der Waals surface area contributed by atoms with Crippen molar-refractivity contribution in [1.29, 1.82) is 0 Å². The van der Waals surface area contributed by atoms with Gasteiger partial charge in [-0.3, -0.25) is 9.59 Å². The maximum atomic E-state index is 13.5. The molecule has 0 saturated carbocycles. The first-order valence-electron chi connectivity index (χ1n) is 12.4. The quantitative estimate of drug-likeness (QED) is 0.454. The summed E-state index contributed by atoms with van der Waals surface area (Å²) >= 11 is 0. The summed E-state index contributed by atoms with van der Waals surface area (Å²) in [6, 6.07) is 11.1. The van der Waals surface area contributed by atoms with Gasteiger partial charge in [-0.05, 0) is 58.1 Å². The van der Waals surface area contributed by atoms with Crippen molar-refractivity contribution in [2.75, 3.05) is 24.6 Å². The number of aliphatic carboxylic acids is 1. The largest absolute Gasteiger partial charge is 0.493 e. The Hall–Kier alpha value is -2.96. The number of carbonyl (C=O) groups excluding carboxylic acids is 1. The van der Waals surface area contributed by atoms with Crippen LogP contribution in [-0.2, 0) is 16.1 Å². The fraction of sp³-hybridized carbons (Fsp3) is 0.538. The van der Waals surface area contributed by atoms with E-state index < -0.39 is 12.5 Å². The Morgan fingerprint density at radius 1 is 1.18 bits per heavy atom. The highest BCUT2D eigenvalue weighted by atomic mass is 16.5. The van der Waals surface area contributed by atoms with E-state index in [1.54, 1.807) is 11.2 Å². The van der Waals surface area contributed by atoms with Gasteiger partial charge in [0.25, 0.3) is 0 Å². The number of carbonyl (C=O) groups is 2. The number of anilines is 1. The van der Waals surface area contributed by atoms with Gasteiger partial charge >= 0.3 is 5.97 Å². The Morgan fingerprint density at radius 3 is 2.61 bits per heavy atom. The predicted octanol–water partition coefficient (Wildman–Crippen LogP) is 4.96. The molecule has 0 spiro atoms. The van der Waals surface area contributed by atoms with Crippen molar-refractivity contribution in [3.8, 4) is 5.75 Å². The highest BCUT2D eigenvalue weighted by Crippen LogP contribution is 2.27. The summed E-state index contributed by atoms with van der Waals surface area (Å²) in [6.45, 7) is 4.98. The summed E-state index contributed by atoms with van der Waals surface area (Å²) in [5.41, 5.74) is 0.670. The number of carboxylic acids is 1. The predicted molar refractivity (Wildman–Crippen MR) is 127 cm³/mol. The van der Waals surface area contributed by atoms with Gasteiger partial charge in [0.2, 0.25) is 5.91 Å². The number of carboxylic acid groups (broad SMARTS) is 1. The fourth-order valence-corrected chi connectivity index (χ4v) is 4.08. The van der Waals surface area contributed by atoms with Crippen molar-refractivity contribution < 1.29 is 25.2 Å². The first kappa shape index (κ1) is 23.2. The molecule has 3 rings (SSSR count). The second-order valence-corrected chi connectivity index (χ2v) is 8.77. The molecule has 1 fully saturated rings. The number of ether oxygens (including phenoxy) is 1. The maximum absolute atomic E-state index is 13.5. The zero-order valence-corrected chi connectivity index (χ0v) is 19.6. The third-order valence-electron chi connectivity index (χ3n) is 5.96. The molecule has 1 unspecified atom stereocenters. The highest BCUT2D eigenvalue weighted by Gasteiger charge is 2.30. The lowest BCUT2D eigenvalue weighted by atomic mass is 9.94. The molecule has 33 heavy (non-hydrogen) atoms. The zero-order chi connectivity index (χ0) is 24.5. The summed E-state index contributed by atoms with van der Waals surface area (Å²) in [6.07, 6.45) is 5.41. The Morgan fingerprint density at radius 2 is 1.94 bits per heavy atom. The van der Waals surface area contributed by atoms with Gasteiger partial charge in [-0.1, -0.05) is 18.2 Å². The number of piperidine rings is 1. The fourth-order valence-electron chi connectivity index (χ4n) is 4.08. The lowest BCUT2D eigenvalue weighted by Crippen LogP contribution is -2.44. The van der Waals surface area contributed by atoms with Gasteiger partial charge in [-0.25, -0.2) is 0 Å². The van der Waals surface area contributed by atoms with Gasteiger partial charge in [0.1, 0.15) is 5.75 Å². The van der Waals surface area contributed by atoms with E-state index in [-0.39, 0.29) is 24.3 Å². The van der Waals surface area contributed by atoms with E-state index in [1.807, 2.05) is 50.2 Å². The summed E-state index contributed by atoms with van der Waals surface area (Å²) in [4.78, 5) is 28.0. The summed E-state index contributed by atoms with van der Waals surface area (Å²) < 4.78 is 20.4. The minimum Gasteiger partial charge on any atom is -0.493 e. The zero-order valence-electron chi connectivity index (χ0n) is 20.6. The SMILES string of the molecule is [2H]C(c1ccccc1OCCCCCC(=O)O)N(C(=O)C1CCN(c2ccco2)CC1)C(C)C. The molecule has 1 aliphatic rings. The van der Waals surface area contributed by atoms with E-state index in [9.17, 15) is 9.59 Å². The molecule has 1 N–H and O–H groups in total. The third kappa shape index (κ3) is 7.27. The molecule has 2 heterocycles. The molecule has 1 aromatic heterocycles. The van der Waals surface area contributed by atoms with Crippen LogP contribution >= 0.6 is 0 Å². The van der Waals surface area contributed by atoms with Crippen LogP contribution < -0.4 is 9.64 Å². The molecule has 1 amide bonds. The number of amides is 1. The minimum absolute atomic E-state index is 0.0116. The molecule has 0 radical (unpaired) electrons. The van der Waals surface area contributed by atoms with Crippen LogP contribution in [0.3, 0.4) is 0 Å².